The third-order valence-electron chi connectivity index (χ3n) is 4.46. The van der Waals surface area contributed by atoms with Gasteiger partial charge in [-0.15, -0.1) is 10.1 Å². The van der Waals surface area contributed by atoms with Crippen LogP contribution in [0.25, 0.3) is 6.08 Å². The second kappa shape index (κ2) is 8.44. The van der Waals surface area contributed by atoms with E-state index in [1.165, 1.54) is 11.9 Å². The Hall–Kier alpha value is -2.82. The number of hydrogen-bond donors (Lipinski definition) is 0. The molecule has 0 fully saturated rings. The molecule has 0 amide bonds. The van der Waals surface area contributed by atoms with Gasteiger partial charge in [-0.05, 0) is 37.7 Å². The largest absolute Gasteiger partial charge is 0.475 e. The molecule has 0 bridgehead atoms. The van der Waals surface area contributed by atoms with Crippen LogP contribution >= 0.6 is 10.2 Å². The van der Waals surface area contributed by atoms with Crippen molar-refractivity contribution in [1.29, 1.82) is 0 Å². The molecule has 0 saturated heterocycles. The maximum atomic E-state index is 13.5. The fourth-order valence-electron chi connectivity index (χ4n) is 2.85. The summed E-state index contributed by atoms with van der Waals surface area (Å²) < 4.78 is 116. The number of nitrogens with zero attached hydrogens (tertiary/aromatic N) is 2. The van der Waals surface area contributed by atoms with E-state index in [4.69, 9.17) is 9.47 Å². The lowest BCUT2D eigenvalue weighted by atomic mass is 9.99. The molecule has 1 aliphatic rings. The predicted octanol–water partition coefficient (Wildman–Crippen LogP) is 5.04. The Labute approximate surface area is 186 Å². The summed E-state index contributed by atoms with van der Waals surface area (Å²) in [5.74, 6) is -2.34. The Morgan fingerprint density at radius 1 is 1.18 bits per heavy atom. The fourth-order valence-corrected chi connectivity index (χ4v) is 3.60. The molecule has 0 N–H and O–H groups in total. The van der Waals surface area contributed by atoms with Crippen molar-refractivity contribution >= 4 is 22.3 Å². The molecule has 1 atom stereocenters. The van der Waals surface area contributed by atoms with Gasteiger partial charge in [0.1, 0.15) is 23.9 Å². The number of esters is 1. The molecular formula is C17H18F8N2O6S. The highest BCUT2D eigenvalue weighted by Gasteiger charge is 2.65. The molecule has 1 aromatic rings. The van der Waals surface area contributed by atoms with Crippen LogP contribution in [0.2, 0.25) is 0 Å². The van der Waals surface area contributed by atoms with Gasteiger partial charge in [0.2, 0.25) is 6.10 Å². The normalized spacial score (nSPS) is 18.2. The van der Waals surface area contributed by atoms with Gasteiger partial charge in [-0.25, -0.2) is 4.79 Å². The minimum Gasteiger partial charge on any atom is -0.475 e. The fraction of sp³-hybridized carbons (Fsp3) is 0.471. The minimum absolute atomic E-state index is 0.000675. The maximum absolute atomic E-state index is 13.5. The summed E-state index contributed by atoms with van der Waals surface area (Å²) in [7, 11) is -8.75. The monoisotopic (exact) mass is 530 g/mol. The molecule has 0 radical (unpaired) electrons. The zero-order valence-electron chi connectivity index (χ0n) is 17.4. The highest BCUT2D eigenvalue weighted by atomic mass is 32.5. The zero-order valence-corrected chi connectivity index (χ0v) is 18.2. The smallest absolute Gasteiger partial charge is 0.430 e. The van der Waals surface area contributed by atoms with Crippen molar-refractivity contribution in [2.24, 2.45) is 0 Å². The Balaban J connectivity index is 2.29. The Morgan fingerprint density at radius 3 is 2.29 bits per heavy atom. The number of hydrogen-bond acceptors (Lipinski definition) is 7. The van der Waals surface area contributed by atoms with E-state index in [2.05, 4.69) is 4.84 Å². The van der Waals surface area contributed by atoms with Gasteiger partial charge in [0.05, 0.1) is 5.57 Å². The van der Waals surface area contributed by atoms with Gasteiger partial charge in [0.15, 0.2) is 0 Å². The summed E-state index contributed by atoms with van der Waals surface area (Å²) in [5.41, 5.74) is -2.68. The van der Waals surface area contributed by atoms with Crippen molar-refractivity contribution in [3.8, 4) is 5.75 Å². The third-order valence-corrected chi connectivity index (χ3v) is 5.59. The van der Waals surface area contributed by atoms with E-state index in [-0.39, 0.29) is 31.8 Å². The number of carbonyl (C=O) groups excluding carboxylic acids is 1. The molecule has 8 nitrogen and oxygen atoms in total. The maximum Gasteiger partial charge on any atom is 0.430 e. The second-order valence-corrected chi connectivity index (χ2v) is 9.67. The molecule has 0 aliphatic carbocycles. The second-order valence-electron chi connectivity index (χ2n) is 7.26. The Kier molecular flexibility index (Phi) is 6.81. The van der Waals surface area contributed by atoms with E-state index >= 15 is 0 Å². The minimum atomic E-state index is -10.2. The average molecular weight is 530 g/mol. The lowest BCUT2D eigenvalue weighted by Gasteiger charge is -2.41. The van der Waals surface area contributed by atoms with Gasteiger partial charge < -0.3 is 19.2 Å². The van der Waals surface area contributed by atoms with Crippen LogP contribution in [-0.2, 0) is 14.4 Å². The van der Waals surface area contributed by atoms with Crippen molar-refractivity contribution in [2.75, 3.05) is 33.4 Å². The first-order valence-corrected chi connectivity index (χ1v) is 11.1. The van der Waals surface area contributed by atoms with Crippen LogP contribution < -0.4 is 4.74 Å². The molecular weight excluding hydrogens is 512 g/mol. The van der Waals surface area contributed by atoms with Crippen molar-refractivity contribution in [3.05, 3.63) is 38.9 Å². The van der Waals surface area contributed by atoms with Crippen LogP contribution in [0, 0.1) is 17.0 Å². The van der Waals surface area contributed by atoms with E-state index in [0.717, 1.165) is 6.92 Å². The highest BCUT2D eigenvalue weighted by molar-refractivity contribution is 8.45. The molecule has 2 rings (SSSR count). The quantitative estimate of drug-likeness (QED) is 0.191. The first-order valence-electron chi connectivity index (χ1n) is 9.15. The molecule has 1 aromatic carbocycles. The Morgan fingerprint density at radius 2 is 1.76 bits per heavy atom. The van der Waals surface area contributed by atoms with E-state index in [0.29, 0.717) is 6.08 Å². The van der Waals surface area contributed by atoms with E-state index in [1.807, 2.05) is 0 Å². The van der Waals surface area contributed by atoms with Gasteiger partial charge in [-0.1, -0.05) is 19.4 Å². The molecule has 1 aliphatic heterocycles. The first kappa shape index (κ1) is 27.4. The molecule has 194 valence electrons. The first-order chi connectivity index (χ1) is 15.2. The number of fused-ring (bicyclic) bond motifs is 1. The van der Waals surface area contributed by atoms with Gasteiger partial charge in [0.25, 0.3) is 5.09 Å². The lowest BCUT2D eigenvalue weighted by molar-refractivity contribution is -0.757. The van der Waals surface area contributed by atoms with Gasteiger partial charge >= 0.3 is 22.4 Å². The van der Waals surface area contributed by atoms with Crippen LogP contribution in [0.15, 0.2) is 22.6 Å². The standard InChI is InChI=1S/C17H18F8N2O6S/c1-10-7-12(34(21,22,23,24)25)8-11-9-13(15(17(18,19)20)33-14(10)11)16(28)31-5-3-26(2)4-6-32-27(29)30/h7-9,15H,3-6H2,1-2H3/t15-/m0/s1. The van der Waals surface area contributed by atoms with E-state index < -0.39 is 67.5 Å². The molecule has 34 heavy (non-hydrogen) atoms. The van der Waals surface area contributed by atoms with Crippen molar-refractivity contribution in [2.45, 2.75) is 24.1 Å². The highest BCUT2D eigenvalue weighted by Crippen LogP contribution is 3.02. The van der Waals surface area contributed by atoms with Crippen molar-refractivity contribution in [3.63, 3.8) is 0 Å². The van der Waals surface area contributed by atoms with Gasteiger partial charge in [-0.3, -0.25) is 0 Å². The number of carbonyl (C=O) groups is 1. The van der Waals surface area contributed by atoms with Gasteiger partial charge in [-0.2, -0.15) is 13.2 Å². The topological polar surface area (TPSA) is 91.1 Å². The molecule has 0 saturated carbocycles. The summed E-state index contributed by atoms with van der Waals surface area (Å²) in [4.78, 5) is 25.4. The molecule has 0 aromatic heterocycles. The Bertz CT molecular complexity index is 1010. The zero-order chi connectivity index (χ0) is 26.2. The summed E-state index contributed by atoms with van der Waals surface area (Å²) in [6, 6.07) is -0.115. The average Bonchev–Trinajstić information content (AvgIpc) is 2.64. The lowest BCUT2D eigenvalue weighted by Crippen LogP contribution is -2.41. The van der Waals surface area contributed by atoms with Crippen molar-refractivity contribution < 1.29 is 56.8 Å². The van der Waals surface area contributed by atoms with Crippen LogP contribution in [0.1, 0.15) is 11.1 Å². The molecule has 17 heteroatoms. The SMILES string of the molecule is Cc1cc(S(F)(F)(F)(F)F)cc2c1O[C@H](C(F)(F)F)C(C(=O)OCCN(C)CCO[N+](=O)[O-])=C2. The number of aryl methyl sites for hydroxylation is 1. The van der Waals surface area contributed by atoms with Gasteiger partial charge in [0, 0.05) is 18.7 Å². The number of benzene rings is 1. The molecule has 0 unspecified atom stereocenters. The number of rotatable bonds is 9. The summed E-state index contributed by atoms with van der Waals surface area (Å²) >= 11 is 0. The van der Waals surface area contributed by atoms with Crippen LogP contribution in [-0.4, -0.2) is 61.6 Å². The van der Waals surface area contributed by atoms with Crippen LogP contribution in [0.4, 0.5) is 32.6 Å². The van der Waals surface area contributed by atoms with Crippen molar-refractivity contribution in [1.82, 2.24) is 4.90 Å². The number of halogens is 8. The summed E-state index contributed by atoms with van der Waals surface area (Å²) in [6.07, 6.45) is -7.73. The van der Waals surface area contributed by atoms with E-state index in [9.17, 15) is 47.5 Å². The number of likely N-dealkylation sites (N-methyl/N-ethyl adjacent to an activating group) is 1. The van der Waals surface area contributed by atoms with Crippen LogP contribution in [0.5, 0.6) is 5.75 Å². The molecule has 1 heterocycles. The third kappa shape index (κ3) is 7.09. The van der Waals surface area contributed by atoms with E-state index in [1.54, 1.807) is 0 Å². The summed E-state index contributed by atoms with van der Waals surface area (Å²) in [6.45, 7) is -0.0831. The molecule has 0 spiro atoms. The summed E-state index contributed by atoms with van der Waals surface area (Å²) in [5, 5.41) is 9.03. The number of ether oxygens (including phenoxy) is 2. The predicted molar refractivity (Wildman–Crippen MR) is 102 cm³/mol. The van der Waals surface area contributed by atoms with Crippen LogP contribution in [0.3, 0.4) is 0 Å². The number of alkyl halides is 3.